The van der Waals surface area contributed by atoms with Gasteiger partial charge < -0.3 is 15.5 Å². The molecule has 2 spiro atoms. The number of ketones is 1. The standard InChI is InChI=1S/C48H80N6O5S/c1-31(2)26-34-28-48(34,43(59)51-60-52-23-15-16-24-52)50-41(57)37-29-47(45(8,9)46(47)21-17-22-46)30-54(37)42(58)35(44(5,6)7)27-38(55)39(33-18-11-10-12-19-33)49-40(56)36-20-13-14-25-53(36)32(3)4/h31-37,39H,10-30H2,1-9H3,(H,49,56)(H,50,57)(H,51,59). The molecule has 3 aliphatic heterocycles. The molecule has 12 heteroatoms. The maximum atomic E-state index is 15.5. The first-order valence-electron chi connectivity index (χ1n) is 24.2. The molecule has 0 aromatic carbocycles. The molecule has 3 N–H and O–H groups in total. The highest BCUT2D eigenvalue weighted by molar-refractivity contribution is 7.95. The molecule has 11 nitrogen and oxygen atoms in total. The molecule has 7 aliphatic rings. The van der Waals surface area contributed by atoms with Gasteiger partial charge in [-0.05, 0) is 125 Å². The van der Waals surface area contributed by atoms with Crippen molar-refractivity contribution in [2.45, 2.75) is 201 Å². The molecule has 4 amide bonds. The number of Topliss-reactive ketones (excluding diaryl/α,β-unsaturated/α-hetero) is 1. The van der Waals surface area contributed by atoms with Gasteiger partial charge in [0, 0.05) is 55.6 Å². The van der Waals surface area contributed by atoms with Crippen molar-refractivity contribution in [3.63, 3.8) is 0 Å². The Kier molecular flexibility index (Phi) is 13.3. The summed E-state index contributed by atoms with van der Waals surface area (Å²) in [6.07, 6.45) is 15.4. The van der Waals surface area contributed by atoms with Crippen LogP contribution in [0.2, 0.25) is 0 Å². The molecule has 4 saturated carbocycles. The summed E-state index contributed by atoms with van der Waals surface area (Å²) < 4.78 is 5.29. The molecule has 0 aromatic heterocycles. The van der Waals surface area contributed by atoms with Crippen molar-refractivity contribution < 1.29 is 24.0 Å². The first-order valence-corrected chi connectivity index (χ1v) is 25.0. The van der Waals surface area contributed by atoms with Crippen molar-refractivity contribution in [3.05, 3.63) is 0 Å². The minimum absolute atomic E-state index is 0.0191. The molecular formula is C48H80N6O5S. The molecule has 338 valence electrons. The molecular weight excluding hydrogens is 773 g/mol. The zero-order valence-corrected chi connectivity index (χ0v) is 39.6. The summed E-state index contributed by atoms with van der Waals surface area (Å²) in [4.78, 5) is 77.7. The van der Waals surface area contributed by atoms with E-state index in [1.165, 1.54) is 12.1 Å². The molecule has 7 atom stereocenters. The lowest BCUT2D eigenvalue weighted by molar-refractivity contribution is -0.147. The number of rotatable bonds is 15. The van der Waals surface area contributed by atoms with Crippen LogP contribution in [0, 0.1) is 45.3 Å². The largest absolute Gasteiger partial charge is 0.345 e. The van der Waals surface area contributed by atoms with Gasteiger partial charge in [-0.15, -0.1) is 0 Å². The number of amides is 4. The number of hydrogen-bond donors (Lipinski definition) is 3. The Hall–Kier alpha value is -2.18. The van der Waals surface area contributed by atoms with Crippen LogP contribution in [0.15, 0.2) is 0 Å². The number of carbonyl (C=O) groups is 5. The number of nitrogens with one attached hydrogen (secondary N) is 3. The second-order valence-electron chi connectivity index (χ2n) is 22.8. The lowest BCUT2D eigenvalue weighted by Gasteiger charge is -2.40. The first kappa shape index (κ1) is 45.8. The lowest BCUT2D eigenvalue weighted by atomic mass is 9.73. The van der Waals surface area contributed by atoms with E-state index < -0.39 is 29.0 Å². The monoisotopic (exact) mass is 853 g/mol. The highest BCUT2D eigenvalue weighted by Gasteiger charge is 2.85. The van der Waals surface area contributed by atoms with Crippen LogP contribution >= 0.6 is 12.1 Å². The van der Waals surface area contributed by atoms with Crippen LogP contribution in [0.4, 0.5) is 0 Å². The van der Waals surface area contributed by atoms with E-state index in [2.05, 4.69) is 66.1 Å². The van der Waals surface area contributed by atoms with Gasteiger partial charge in [0.1, 0.15) is 11.6 Å². The number of carbonyl (C=O) groups excluding carboxylic acids is 5. The van der Waals surface area contributed by atoms with Gasteiger partial charge in [-0.3, -0.25) is 33.6 Å². The van der Waals surface area contributed by atoms with Crippen LogP contribution in [0.25, 0.3) is 0 Å². The van der Waals surface area contributed by atoms with E-state index in [1.54, 1.807) is 0 Å². The Morgan fingerprint density at radius 2 is 1.42 bits per heavy atom. The van der Waals surface area contributed by atoms with Crippen LogP contribution < -0.4 is 15.4 Å². The second kappa shape index (κ2) is 17.4. The van der Waals surface area contributed by atoms with Crippen molar-refractivity contribution in [2.75, 3.05) is 26.2 Å². The zero-order valence-electron chi connectivity index (χ0n) is 38.8. The molecule has 0 bridgehead atoms. The van der Waals surface area contributed by atoms with E-state index in [4.69, 9.17) is 0 Å². The van der Waals surface area contributed by atoms with Gasteiger partial charge in [0.25, 0.3) is 5.91 Å². The summed E-state index contributed by atoms with van der Waals surface area (Å²) in [5, 5.41) is 6.65. The molecule has 0 aromatic rings. The summed E-state index contributed by atoms with van der Waals surface area (Å²) in [6.45, 7) is 22.6. The molecule has 7 fully saturated rings. The van der Waals surface area contributed by atoms with Gasteiger partial charge in [-0.25, -0.2) is 4.31 Å². The number of likely N-dealkylation sites (tertiary alicyclic amines) is 2. The van der Waals surface area contributed by atoms with E-state index in [-0.39, 0.29) is 76.0 Å². The SMILES string of the molecule is CC(C)CC1CC1(NC(=O)C1CC2(CN1C(=O)C(CC(=O)C(NC(=O)C1CCCCN1C(C)C)C1CCCCC1)C(C)(C)C)C(C)(C)C21CCC1)C(=O)NSN1CCCC1. The number of fused-ring (bicyclic) bond motifs is 1. The van der Waals surface area contributed by atoms with E-state index in [0.717, 1.165) is 110 Å². The lowest BCUT2D eigenvalue weighted by Crippen LogP contribution is -2.57. The molecule has 0 radical (unpaired) electrons. The van der Waals surface area contributed by atoms with E-state index in [0.29, 0.717) is 25.3 Å². The fourth-order valence-corrected chi connectivity index (χ4v) is 14.2. The third-order valence-corrected chi connectivity index (χ3v) is 18.3. The number of piperidine rings is 1. The topological polar surface area (TPSA) is 131 Å². The molecule has 3 heterocycles. The van der Waals surface area contributed by atoms with Gasteiger partial charge in [-0.1, -0.05) is 80.6 Å². The summed E-state index contributed by atoms with van der Waals surface area (Å²) in [6, 6.07) is -1.39. The smallest absolute Gasteiger partial charge is 0.256 e. The Morgan fingerprint density at radius 1 is 0.767 bits per heavy atom. The maximum Gasteiger partial charge on any atom is 0.256 e. The van der Waals surface area contributed by atoms with Gasteiger partial charge in [0.05, 0.1) is 12.1 Å². The van der Waals surface area contributed by atoms with Crippen molar-refractivity contribution >= 4 is 41.5 Å². The van der Waals surface area contributed by atoms with Gasteiger partial charge in [-0.2, -0.15) is 0 Å². The van der Waals surface area contributed by atoms with E-state index in [1.807, 2.05) is 25.7 Å². The summed E-state index contributed by atoms with van der Waals surface area (Å²) in [5.74, 6) is -0.878. The fourth-order valence-electron chi connectivity index (χ4n) is 13.3. The fraction of sp³-hybridized carbons (Fsp3) is 0.896. The molecule has 3 saturated heterocycles. The third kappa shape index (κ3) is 8.34. The minimum atomic E-state index is -1.000. The van der Waals surface area contributed by atoms with Crippen LogP contribution in [-0.4, -0.2) is 99.4 Å². The van der Waals surface area contributed by atoms with E-state index >= 15 is 4.79 Å². The average molecular weight is 853 g/mol. The zero-order chi connectivity index (χ0) is 43.4. The Balaban J connectivity index is 1.14. The average Bonchev–Trinajstić information content (AvgIpc) is 3.64. The molecule has 60 heavy (non-hydrogen) atoms. The maximum absolute atomic E-state index is 15.5. The normalized spacial score (nSPS) is 32.5. The van der Waals surface area contributed by atoms with Gasteiger partial charge >= 0.3 is 0 Å². The predicted octanol–water partition coefficient (Wildman–Crippen LogP) is 7.43. The minimum Gasteiger partial charge on any atom is -0.345 e. The highest BCUT2D eigenvalue weighted by atomic mass is 32.2. The summed E-state index contributed by atoms with van der Waals surface area (Å²) >= 11 is 1.36. The van der Waals surface area contributed by atoms with Crippen molar-refractivity contribution in [3.8, 4) is 0 Å². The summed E-state index contributed by atoms with van der Waals surface area (Å²) in [7, 11) is 0. The van der Waals surface area contributed by atoms with Crippen molar-refractivity contribution in [2.24, 2.45) is 45.3 Å². The number of hydrogen-bond acceptors (Lipinski definition) is 8. The van der Waals surface area contributed by atoms with Crippen LogP contribution in [0.1, 0.15) is 171 Å². The Bertz CT molecular complexity index is 1630. The quantitative estimate of drug-likeness (QED) is 0.145. The van der Waals surface area contributed by atoms with Crippen molar-refractivity contribution in [1.29, 1.82) is 0 Å². The highest BCUT2D eigenvalue weighted by Crippen LogP contribution is 2.88. The Morgan fingerprint density at radius 3 is 2.00 bits per heavy atom. The van der Waals surface area contributed by atoms with Gasteiger partial charge in [0.2, 0.25) is 17.7 Å². The molecule has 7 rings (SSSR count). The van der Waals surface area contributed by atoms with E-state index in [9.17, 15) is 19.2 Å². The van der Waals surface area contributed by atoms with Crippen LogP contribution in [0.5, 0.6) is 0 Å². The molecule has 4 aliphatic carbocycles. The van der Waals surface area contributed by atoms with Gasteiger partial charge in [0.15, 0.2) is 5.78 Å². The first-order chi connectivity index (χ1) is 28.3. The van der Waals surface area contributed by atoms with Crippen molar-refractivity contribution in [1.82, 2.24) is 29.5 Å². The van der Waals surface area contributed by atoms with Crippen LogP contribution in [-0.2, 0) is 24.0 Å². The second-order valence-corrected chi connectivity index (χ2v) is 23.7. The third-order valence-electron chi connectivity index (χ3n) is 17.4. The number of nitrogens with zero attached hydrogens (tertiary/aromatic N) is 3. The summed E-state index contributed by atoms with van der Waals surface area (Å²) in [5.41, 5.74) is -1.70. The molecule has 7 unspecified atom stereocenters. The Labute approximate surface area is 366 Å². The van der Waals surface area contributed by atoms with Crippen LogP contribution in [0.3, 0.4) is 0 Å². The predicted molar refractivity (Wildman–Crippen MR) is 238 cm³/mol.